The summed E-state index contributed by atoms with van der Waals surface area (Å²) in [4.78, 5) is 12.0. The molecule has 6 heteroatoms. The van der Waals surface area contributed by atoms with Crippen LogP contribution in [0.3, 0.4) is 0 Å². The second-order valence-electron chi connectivity index (χ2n) is 3.63. The fourth-order valence-electron chi connectivity index (χ4n) is 1.73. The Morgan fingerprint density at radius 1 is 1.47 bits per heavy atom. The first-order valence-electron chi connectivity index (χ1n) is 5.31. The molecule has 2 nitrogen and oxygen atoms in total. The normalized spacial score (nSPS) is 10.1. The van der Waals surface area contributed by atoms with Crippen molar-refractivity contribution in [3.63, 3.8) is 0 Å². The van der Waals surface area contributed by atoms with Crippen molar-refractivity contribution >= 4 is 38.5 Å². The predicted octanol–water partition coefficient (Wildman–Crippen LogP) is 3.84. The van der Waals surface area contributed by atoms with Crippen LogP contribution in [-0.4, -0.2) is 4.57 Å². The second-order valence-corrected chi connectivity index (χ2v) is 5.65. The molecule has 0 aliphatic heterocycles. The minimum Gasteiger partial charge on any atom is -0.342 e. The maximum atomic E-state index is 13.9. The third kappa shape index (κ3) is 3.54. The summed E-state index contributed by atoms with van der Waals surface area (Å²) < 4.78 is 16.6. The molecule has 1 aromatic carbocycles. The molecular weight excluding hydrogens is 501 g/mol. The molecule has 1 aromatic heterocycles. The van der Waals surface area contributed by atoms with Crippen molar-refractivity contribution in [3.05, 3.63) is 54.5 Å². The molecule has 2 rings (SSSR count). The first-order valence-corrected chi connectivity index (χ1v) is 7.18. The summed E-state index contributed by atoms with van der Waals surface area (Å²) in [6, 6.07) is 9.30. The third-order valence-corrected chi connectivity index (χ3v) is 4.00. The van der Waals surface area contributed by atoms with Crippen LogP contribution in [0.1, 0.15) is 6.92 Å². The predicted molar refractivity (Wildman–Crippen MR) is 81.0 cm³/mol. The summed E-state index contributed by atoms with van der Waals surface area (Å²) in [7, 11) is 0. The van der Waals surface area contributed by atoms with Gasteiger partial charge in [-0.2, -0.15) is 12.1 Å². The van der Waals surface area contributed by atoms with Crippen LogP contribution in [0.5, 0.6) is 0 Å². The molecule has 19 heavy (non-hydrogen) atoms. The summed E-state index contributed by atoms with van der Waals surface area (Å²) in [5.74, 6) is -0.372. The monoisotopic (exact) mass is 509 g/mol. The zero-order valence-electron chi connectivity index (χ0n) is 10.1. The zero-order chi connectivity index (χ0) is 13.3. The summed E-state index contributed by atoms with van der Waals surface area (Å²) in [5.41, 5.74) is 0.711. The van der Waals surface area contributed by atoms with Gasteiger partial charge in [-0.25, -0.2) is 4.39 Å². The van der Waals surface area contributed by atoms with Crippen LogP contribution in [0.25, 0.3) is 11.3 Å². The fraction of sp³-hybridized carbons (Fsp3) is 0.154. The second kappa shape index (κ2) is 7.43. The van der Waals surface area contributed by atoms with Gasteiger partial charge in [-0.05, 0) is 21.0 Å². The first kappa shape index (κ1) is 17.5. The molecule has 0 amide bonds. The van der Waals surface area contributed by atoms with Crippen LogP contribution in [0, 0.1) is 15.5 Å². The number of benzene rings is 1. The Morgan fingerprint density at radius 2 is 2.16 bits per heavy atom. The van der Waals surface area contributed by atoms with Gasteiger partial charge in [0.25, 0.3) is 0 Å². The van der Waals surface area contributed by atoms with E-state index in [0.717, 1.165) is 0 Å². The number of nitrogens with zero attached hydrogens (tertiary/aromatic N) is 1. The number of halogens is 3. The number of rotatable bonds is 2. The Balaban J connectivity index is 0.00000180. The Labute approximate surface area is 157 Å². The minimum atomic E-state index is -0.372. The van der Waals surface area contributed by atoms with Crippen LogP contribution in [-0.2, 0) is 39.3 Å². The van der Waals surface area contributed by atoms with Gasteiger partial charge in [0, 0.05) is 39.3 Å². The van der Waals surface area contributed by atoms with Crippen molar-refractivity contribution in [1.29, 1.82) is 0 Å². The van der Waals surface area contributed by atoms with E-state index < -0.39 is 0 Å². The molecule has 0 spiro atoms. The molecule has 97 valence electrons. The van der Waals surface area contributed by atoms with E-state index in [1.807, 2.05) is 29.5 Å². The maximum absolute atomic E-state index is 13.9. The summed E-state index contributed by atoms with van der Waals surface area (Å²) in [5, 5.41) is 0. The summed E-state index contributed by atoms with van der Waals surface area (Å²) in [6.07, 6.45) is 0. The van der Waals surface area contributed by atoms with Crippen LogP contribution in [0.4, 0.5) is 4.39 Å². The van der Waals surface area contributed by atoms with Gasteiger partial charge in [0.05, 0.1) is 5.82 Å². The molecule has 2 aromatic rings. The van der Waals surface area contributed by atoms with Gasteiger partial charge in [0.1, 0.15) is 0 Å². The van der Waals surface area contributed by atoms with E-state index in [2.05, 4.69) is 22.0 Å². The molecule has 0 bridgehead atoms. The average Bonchev–Trinajstić information content (AvgIpc) is 2.33. The van der Waals surface area contributed by atoms with Crippen molar-refractivity contribution in [2.75, 3.05) is 0 Å². The molecule has 0 aliphatic carbocycles. The SMILES string of the molecule is CCn1c(-c2c(F)cccc2Br)[c-]cc(I)c1=O.[Y]. The van der Waals surface area contributed by atoms with Gasteiger partial charge in [-0.3, -0.25) is 4.79 Å². The molecule has 0 fully saturated rings. The molecular formula is C13H9BrFINOY-. The standard InChI is InChI=1S/C13H9BrFINO.Y/c1-2-17-11(7-6-10(16)13(17)18)12-8(14)4-3-5-9(12)15;/h3-6H,2H2,1H3;/q-1;. The third-order valence-electron chi connectivity index (χ3n) is 2.57. The zero-order valence-corrected chi connectivity index (χ0v) is 16.7. The van der Waals surface area contributed by atoms with Gasteiger partial charge >= 0.3 is 0 Å². The van der Waals surface area contributed by atoms with E-state index >= 15 is 0 Å². The number of aromatic nitrogens is 1. The smallest absolute Gasteiger partial charge is 0.207 e. The fourth-order valence-corrected chi connectivity index (χ4v) is 2.71. The van der Waals surface area contributed by atoms with Crippen molar-refractivity contribution in [2.24, 2.45) is 0 Å². The first-order chi connectivity index (χ1) is 8.56. The largest absolute Gasteiger partial charge is 0.342 e. The molecule has 0 saturated heterocycles. The maximum Gasteiger partial charge on any atom is 0.207 e. The van der Waals surface area contributed by atoms with Crippen molar-refractivity contribution < 1.29 is 37.1 Å². The number of pyridine rings is 1. The van der Waals surface area contributed by atoms with E-state index in [-0.39, 0.29) is 44.1 Å². The van der Waals surface area contributed by atoms with E-state index in [1.54, 1.807) is 18.2 Å². The van der Waals surface area contributed by atoms with Crippen molar-refractivity contribution in [3.8, 4) is 11.3 Å². The molecule has 1 radical (unpaired) electrons. The van der Waals surface area contributed by atoms with Gasteiger partial charge in [-0.15, -0.1) is 22.6 Å². The van der Waals surface area contributed by atoms with E-state index in [4.69, 9.17) is 0 Å². The molecule has 0 atom stereocenters. The van der Waals surface area contributed by atoms with E-state index in [1.165, 1.54) is 10.6 Å². The van der Waals surface area contributed by atoms with E-state index in [0.29, 0.717) is 25.8 Å². The van der Waals surface area contributed by atoms with E-state index in [9.17, 15) is 9.18 Å². The van der Waals surface area contributed by atoms with Crippen LogP contribution < -0.4 is 5.56 Å². The number of hydrogen-bond donors (Lipinski definition) is 0. The summed E-state index contributed by atoms with van der Waals surface area (Å²) >= 11 is 5.27. The average molecular weight is 510 g/mol. The van der Waals surface area contributed by atoms with Crippen LogP contribution in [0.2, 0.25) is 0 Å². The van der Waals surface area contributed by atoms with Crippen LogP contribution in [0.15, 0.2) is 33.5 Å². The Kier molecular flexibility index (Phi) is 6.83. The van der Waals surface area contributed by atoms with Gasteiger partial charge < -0.3 is 4.57 Å². The quantitative estimate of drug-likeness (QED) is 0.445. The number of hydrogen-bond acceptors (Lipinski definition) is 1. The Bertz CT molecular complexity index is 639. The molecule has 0 N–H and O–H groups in total. The van der Waals surface area contributed by atoms with Crippen molar-refractivity contribution in [2.45, 2.75) is 13.5 Å². The van der Waals surface area contributed by atoms with Gasteiger partial charge in [-0.1, -0.05) is 39.3 Å². The van der Waals surface area contributed by atoms with Crippen LogP contribution >= 0.6 is 38.5 Å². The Morgan fingerprint density at radius 3 is 2.74 bits per heavy atom. The van der Waals surface area contributed by atoms with Crippen molar-refractivity contribution in [1.82, 2.24) is 4.57 Å². The molecule has 0 saturated carbocycles. The molecule has 0 aliphatic rings. The summed E-state index contributed by atoms with van der Waals surface area (Å²) in [6.45, 7) is 2.33. The minimum absolute atomic E-state index is 0. The van der Waals surface area contributed by atoms with Gasteiger partial charge in [0.2, 0.25) is 5.56 Å². The van der Waals surface area contributed by atoms with Gasteiger partial charge in [0.15, 0.2) is 0 Å². The molecule has 1 heterocycles. The topological polar surface area (TPSA) is 22.0 Å². The molecule has 0 unspecified atom stereocenters. The Hall–Kier alpha value is 0.414.